The van der Waals surface area contributed by atoms with Crippen LogP contribution >= 0.6 is 27.3 Å². The number of esters is 1. The molecule has 1 aromatic heterocycles. The van der Waals surface area contributed by atoms with Crippen LogP contribution in [0.5, 0.6) is 5.75 Å². The van der Waals surface area contributed by atoms with E-state index in [-0.39, 0.29) is 5.91 Å². The molecule has 2 aromatic rings. The highest BCUT2D eigenvalue weighted by Crippen LogP contribution is 2.40. The van der Waals surface area contributed by atoms with Gasteiger partial charge in [-0.1, -0.05) is 22.9 Å². The first kappa shape index (κ1) is 21.6. The second-order valence-corrected chi connectivity index (χ2v) is 9.01. The zero-order valence-electron chi connectivity index (χ0n) is 16.7. The average Bonchev–Trinajstić information content (AvgIpc) is 3.04. The van der Waals surface area contributed by atoms with E-state index in [2.05, 4.69) is 28.2 Å². The van der Waals surface area contributed by atoms with Crippen molar-refractivity contribution in [1.82, 2.24) is 0 Å². The predicted octanol–water partition coefficient (Wildman–Crippen LogP) is 5.47. The van der Waals surface area contributed by atoms with Crippen LogP contribution in [0, 0.1) is 5.92 Å². The van der Waals surface area contributed by atoms with Gasteiger partial charge in [-0.25, -0.2) is 4.79 Å². The minimum absolute atomic E-state index is 0.302. The van der Waals surface area contributed by atoms with Crippen molar-refractivity contribution in [2.24, 2.45) is 5.92 Å². The van der Waals surface area contributed by atoms with Gasteiger partial charge < -0.3 is 14.8 Å². The first-order valence-electron chi connectivity index (χ1n) is 9.57. The van der Waals surface area contributed by atoms with E-state index in [9.17, 15) is 9.59 Å². The van der Waals surface area contributed by atoms with Gasteiger partial charge in [0.15, 0.2) is 0 Å². The molecule has 0 saturated heterocycles. The summed E-state index contributed by atoms with van der Waals surface area (Å²) in [5.74, 6) is 0.574. The molecule has 1 heterocycles. The van der Waals surface area contributed by atoms with Gasteiger partial charge in [-0.15, -0.1) is 11.3 Å². The lowest BCUT2D eigenvalue weighted by atomic mass is 9.88. The third-order valence-corrected chi connectivity index (χ3v) is 6.49. The van der Waals surface area contributed by atoms with Crippen LogP contribution in [-0.4, -0.2) is 25.6 Å². The van der Waals surface area contributed by atoms with E-state index in [1.54, 1.807) is 6.08 Å². The molecule has 5 nitrogen and oxygen atoms in total. The molecule has 1 unspecified atom stereocenters. The van der Waals surface area contributed by atoms with Crippen molar-refractivity contribution < 1.29 is 19.1 Å². The first-order chi connectivity index (χ1) is 13.9. The van der Waals surface area contributed by atoms with Crippen molar-refractivity contribution >= 4 is 50.2 Å². The molecule has 0 fully saturated rings. The van der Waals surface area contributed by atoms with Gasteiger partial charge in [-0.2, -0.15) is 0 Å². The zero-order chi connectivity index (χ0) is 21.0. The Bertz CT molecular complexity index is 951. The minimum atomic E-state index is -0.401. The first-order valence-corrected chi connectivity index (χ1v) is 11.2. The topological polar surface area (TPSA) is 64.6 Å². The molecule has 0 spiro atoms. The average molecular weight is 478 g/mol. The summed E-state index contributed by atoms with van der Waals surface area (Å²) in [5.41, 5.74) is 2.31. The molecule has 29 heavy (non-hydrogen) atoms. The van der Waals surface area contributed by atoms with Crippen molar-refractivity contribution in [3.63, 3.8) is 0 Å². The monoisotopic (exact) mass is 477 g/mol. The number of anilines is 1. The van der Waals surface area contributed by atoms with Crippen molar-refractivity contribution in [3.05, 3.63) is 50.3 Å². The number of nitrogens with one attached hydrogen (secondary N) is 1. The van der Waals surface area contributed by atoms with Crippen LogP contribution in [-0.2, 0) is 22.4 Å². The maximum Gasteiger partial charge on any atom is 0.341 e. The number of carbonyl (C=O) groups excluding carboxylic acids is 2. The second-order valence-electron chi connectivity index (χ2n) is 6.99. The molecular formula is C22H24BrNO4S. The minimum Gasteiger partial charge on any atom is -0.493 e. The maximum absolute atomic E-state index is 12.6. The fraction of sp³-hybridized carbons (Fsp3) is 0.364. The summed E-state index contributed by atoms with van der Waals surface area (Å²) >= 11 is 4.91. The molecule has 1 aliphatic carbocycles. The molecular weight excluding hydrogens is 454 g/mol. The molecule has 1 amide bonds. The van der Waals surface area contributed by atoms with E-state index in [4.69, 9.17) is 9.47 Å². The number of ether oxygens (including phenoxy) is 2. The third-order valence-electron chi connectivity index (χ3n) is 4.82. The summed E-state index contributed by atoms with van der Waals surface area (Å²) in [6.45, 7) is 4.65. The third kappa shape index (κ3) is 5.08. The van der Waals surface area contributed by atoms with Crippen molar-refractivity contribution in [2.45, 2.75) is 33.1 Å². The molecule has 1 N–H and O–H groups in total. The Morgan fingerprint density at radius 1 is 1.38 bits per heavy atom. The van der Waals surface area contributed by atoms with Gasteiger partial charge in [0.25, 0.3) is 0 Å². The van der Waals surface area contributed by atoms with Gasteiger partial charge >= 0.3 is 5.97 Å². The van der Waals surface area contributed by atoms with E-state index in [1.807, 2.05) is 25.1 Å². The molecule has 1 aromatic carbocycles. The van der Waals surface area contributed by atoms with E-state index >= 15 is 0 Å². The van der Waals surface area contributed by atoms with Gasteiger partial charge in [0.2, 0.25) is 5.91 Å². The number of fused-ring (bicyclic) bond motifs is 1. The van der Waals surface area contributed by atoms with Gasteiger partial charge in [0.05, 0.1) is 19.3 Å². The summed E-state index contributed by atoms with van der Waals surface area (Å²) in [5, 5.41) is 3.43. The highest BCUT2D eigenvalue weighted by atomic mass is 79.9. The van der Waals surface area contributed by atoms with Crippen molar-refractivity contribution in [1.29, 1.82) is 0 Å². The number of methoxy groups -OCH3 is 1. The van der Waals surface area contributed by atoms with Crippen LogP contribution in [0.15, 0.2) is 28.7 Å². The number of carbonyl (C=O) groups is 2. The predicted molar refractivity (Wildman–Crippen MR) is 120 cm³/mol. The summed E-state index contributed by atoms with van der Waals surface area (Å²) in [6, 6.07) is 5.64. The van der Waals surface area contributed by atoms with Gasteiger partial charge in [0.1, 0.15) is 10.8 Å². The summed E-state index contributed by atoms with van der Waals surface area (Å²) in [4.78, 5) is 26.1. The molecule has 7 heteroatoms. The molecule has 154 valence electrons. The highest BCUT2D eigenvalue weighted by molar-refractivity contribution is 9.10. The Morgan fingerprint density at radius 2 is 2.17 bits per heavy atom. The standard InChI is InChI=1S/C22H24BrNO4S/c1-4-28-17-9-7-15(23)12-14(17)6-10-19(25)24-21-20(22(26)27-3)16-8-5-13(2)11-18(16)29-21/h6-7,9-10,12-13H,4-5,8,11H2,1-3H3,(H,24,25). The van der Waals surface area contributed by atoms with Crippen molar-refractivity contribution in [3.8, 4) is 5.75 Å². The SMILES string of the molecule is CCOc1ccc(Br)cc1C=CC(=O)Nc1sc2c(c1C(=O)OC)CCC(C)C2. The van der Waals surface area contributed by atoms with Crippen LogP contribution in [0.25, 0.3) is 6.08 Å². The molecule has 0 aliphatic heterocycles. The van der Waals surface area contributed by atoms with Crippen LogP contribution in [0.4, 0.5) is 5.00 Å². The Balaban J connectivity index is 1.83. The Kier molecular flexibility index (Phi) is 7.14. The fourth-order valence-corrected chi connectivity index (χ4v) is 5.19. The quantitative estimate of drug-likeness (QED) is 0.442. The van der Waals surface area contributed by atoms with Gasteiger partial charge in [-0.05, 0) is 61.9 Å². The number of benzene rings is 1. The Hall–Kier alpha value is -2.12. The summed E-state index contributed by atoms with van der Waals surface area (Å²) in [6.07, 6.45) is 5.94. The highest BCUT2D eigenvalue weighted by Gasteiger charge is 2.28. The molecule has 3 rings (SSSR count). The Labute approximate surface area is 183 Å². The van der Waals surface area contributed by atoms with Crippen molar-refractivity contribution in [2.75, 3.05) is 19.0 Å². The number of amides is 1. The normalized spacial score (nSPS) is 15.8. The molecule has 1 atom stereocenters. The van der Waals surface area contributed by atoms with Gasteiger partial charge in [-0.3, -0.25) is 4.79 Å². The van der Waals surface area contributed by atoms with Crippen LogP contribution in [0.1, 0.15) is 46.6 Å². The number of hydrogen-bond donors (Lipinski definition) is 1. The Morgan fingerprint density at radius 3 is 2.90 bits per heavy atom. The van der Waals surface area contributed by atoms with E-state index < -0.39 is 5.97 Å². The molecule has 0 bridgehead atoms. The van der Waals surface area contributed by atoms with Crippen LogP contribution in [0.3, 0.4) is 0 Å². The number of thiophene rings is 1. The number of hydrogen-bond acceptors (Lipinski definition) is 5. The fourth-order valence-electron chi connectivity index (χ4n) is 3.41. The maximum atomic E-state index is 12.6. The van der Waals surface area contributed by atoms with Gasteiger partial charge in [0, 0.05) is 21.0 Å². The lowest BCUT2D eigenvalue weighted by molar-refractivity contribution is -0.111. The zero-order valence-corrected chi connectivity index (χ0v) is 19.1. The molecule has 0 radical (unpaired) electrons. The molecule has 1 aliphatic rings. The van der Waals surface area contributed by atoms with E-state index in [0.717, 1.165) is 39.7 Å². The smallest absolute Gasteiger partial charge is 0.341 e. The number of halogens is 1. The lowest BCUT2D eigenvalue weighted by Gasteiger charge is -2.18. The number of rotatable bonds is 6. The van der Waals surface area contributed by atoms with Crippen LogP contribution < -0.4 is 10.1 Å². The van der Waals surface area contributed by atoms with E-state index in [0.29, 0.717) is 28.8 Å². The summed E-state index contributed by atoms with van der Waals surface area (Å²) in [7, 11) is 1.37. The largest absolute Gasteiger partial charge is 0.493 e. The molecule has 0 saturated carbocycles. The second kappa shape index (κ2) is 9.59. The lowest BCUT2D eigenvalue weighted by Crippen LogP contribution is -2.14. The summed E-state index contributed by atoms with van der Waals surface area (Å²) < 4.78 is 11.5. The van der Waals surface area contributed by atoms with E-state index in [1.165, 1.54) is 24.5 Å². The van der Waals surface area contributed by atoms with Crippen LogP contribution in [0.2, 0.25) is 0 Å².